The van der Waals surface area contributed by atoms with Crippen molar-refractivity contribution in [2.45, 2.75) is 13.3 Å². The molecule has 2 aromatic heterocycles. The number of thiophene rings is 1. The third kappa shape index (κ3) is 4.47. The zero-order valence-electron chi connectivity index (χ0n) is 14.5. The van der Waals surface area contributed by atoms with Crippen LogP contribution < -0.4 is 15.6 Å². The summed E-state index contributed by atoms with van der Waals surface area (Å²) in [6.45, 7) is 1.74. The van der Waals surface area contributed by atoms with E-state index in [0.29, 0.717) is 28.1 Å². The molecule has 0 bridgehead atoms. The summed E-state index contributed by atoms with van der Waals surface area (Å²) in [5.74, 6) is 0.389. The van der Waals surface area contributed by atoms with Crippen LogP contribution in [0.5, 0.6) is 5.75 Å². The number of aromatic nitrogens is 1. The maximum Gasteiger partial charge on any atom is 0.273 e. The summed E-state index contributed by atoms with van der Waals surface area (Å²) in [7, 11) is 1.43. The Bertz CT molecular complexity index is 969. The van der Waals surface area contributed by atoms with Crippen LogP contribution in [0, 0.1) is 6.92 Å². The van der Waals surface area contributed by atoms with Gasteiger partial charge >= 0.3 is 0 Å². The number of carbonyl (C=O) groups is 2. The van der Waals surface area contributed by atoms with Crippen molar-refractivity contribution >= 4 is 34.8 Å². The van der Waals surface area contributed by atoms with Gasteiger partial charge in [0.1, 0.15) is 11.5 Å². The van der Waals surface area contributed by atoms with Crippen LogP contribution in [0.4, 0.5) is 0 Å². The van der Waals surface area contributed by atoms with Crippen molar-refractivity contribution in [2.75, 3.05) is 7.11 Å². The number of methoxy groups -OCH3 is 1. The molecule has 27 heavy (non-hydrogen) atoms. The molecule has 0 unspecified atom stereocenters. The van der Waals surface area contributed by atoms with Gasteiger partial charge in [0, 0.05) is 5.02 Å². The molecule has 2 N–H and O–H groups in total. The van der Waals surface area contributed by atoms with Gasteiger partial charge in [0.15, 0.2) is 0 Å². The van der Waals surface area contributed by atoms with Crippen LogP contribution in [-0.4, -0.2) is 23.9 Å². The molecule has 2 heterocycles. The number of benzene rings is 1. The molecule has 2 amide bonds. The second-order valence-electron chi connectivity index (χ2n) is 5.52. The van der Waals surface area contributed by atoms with E-state index < -0.39 is 11.8 Å². The minimum atomic E-state index is -0.520. The van der Waals surface area contributed by atoms with Crippen molar-refractivity contribution in [1.82, 2.24) is 15.8 Å². The van der Waals surface area contributed by atoms with Crippen LogP contribution in [-0.2, 0) is 11.2 Å². The normalized spacial score (nSPS) is 10.5. The van der Waals surface area contributed by atoms with E-state index in [2.05, 4.69) is 15.8 Å². The first-order valence-corrected chi connectivity index (χ1v) is 9.16. The van der Waals surface area contributed by atoms with Gasteiger partial charge in [0.2, 0.25) is 11.8 Å². The Hall–Kier alpha value is -2.84. The topological polar surface area (TPSA) is 93.5 Å². The predicted octanol–water partition coefficient (Wildman–Crippen LogP) is 3.38. The van der Waals surface area contributed by atoms with Crippen molar-refractivity contribution in [2.24, 2.45) is 0 Å². The van der Waals surface area contributed by atoms with Crippen molar-refractivity contribution < 1.29 is 18.7 Å². The molecular weight excluding hydrogens is 390 g/mol. The highest BCUT2D eigenvalue weighted by molar-refractivity contribution is 7.13. The summed E-state index contributed by atoms with van der Waals surface area (Å²) in [5.41, 5.74) is 5.47. The maximum absolute atomic E-state index is 12.2. The van der Waals surface area contributed by atoms with Gasteiger partial charge < -0.3 is 9.15 Å². The molecule has 3 aromatic rings. The first-order chi connectivity index (χ1) is 13.0. The average molecular weight is 406 g/mol. The summed E-state index contributed by atoms with van der Waals surface area (Å²) in [5, 5.41) is 2.36. The fourth-order valence-corrected chi connectivity index (χ4v) is 3.15. The van der Waals surface area contributed by atoms with Crippen molar-refractivity contribution in [3.8, 4) is 16.5 Å². The van der Waals surface area contributed by atoms with Crippen LogP contribution >= 0.6 is 22.9 Å². The van der Waals surface area contributed by atoms with Gasteiger partial charge in [0.25, 0.3) is 5.91 Å². The minimum absolute atomic E-state index is 0.0290. The second kappa shape index (κ2) is 8.24. The van der Waals surface area contributed by atoms with Crippen molar-refractivity contribution in [3.05, 3.63) is 57.8 Å². The first kappa shape index (κ1) is 18.9. The van der Waals surface area contributed by atoms with E-state index in [-0.39, 0.29) is 12.0 Å². The molecule has 140 valence electrons. The molecule has 0 aliphatic heterocycles. The lowest BCUT2D eigenvalue weighted by Crippen LogP contribution is -2.42. The van der Waals surface area contributed by atoms with Crippen LogP contribution in [0.1, 0.15) is 21.8 Å². The number of nitrogens with one attached hydrogen (secondary N) is 2. The van der Waals surface area contributed by atoms with Gasteiger partial charge in [0.05, 0.1) is 29.7 Å². The quantitative estimate of drug-likeness (QED) is 0.635. The van der Waals surface area contributed by atoms with E-state index >= 15 is 0 Å². The minimum Gasteiger partial charge on any atom is -0.496 e. The number of hydrogen-bond donors (Lipinski definition) is 2. The second-order valence-corrected chi connectivity index (χ2v) is 6.91. The highest BCUT2D eigenvalue weighted by Gasteiger charge is 2.17. The fourth-order valence-electron chi connectivity index (χ4n) is 2.34. The summed E-state index contributed by atoms with van der Waals surface area (Å²) >= 11 is 7.37. The Balaban J connectivity index is 1.61. The molecule has 0 aliphatic carbocycles. The third-order valence-electron chi connectivity index (χ3n) is 3.68. The van der Waals surface area contributed by atoms with E-state index in [9.17, 15) is 9.59 Å². The zero-order valence-corrected chi connectivity index (χ0v) is 16.1. The lowest BCUT2D eigenvalue weighted by Gasteiger charge is -2.10. The van der Waals surface area contributed by atoms with E-state index in [4.69, 9.17) is 20.8 Å². The number of aryl methyl sites for hydroxylation is 1. The Morgan fingerprint density at radius 2 is 2.11 bits per heavy atom. The summed E-state index contributed by atoms with van der Waals surface area (Å²) < 4.78 is 10.7. The number of rotatable bonds is 5. The van der Waals surface area contributed by atoms with Crippen LogP contribution in [0.25, 0.3) is 10.8 Å². The predicted molar refractivity (Wildman–Crippen MR) is 102 cm³/mol. The molecule has 0 spiro atoms. The smallest absolute Gasteiger partial charge is 0.273 e. The summed E-state index contributed by atoms with van der Waals surface area (Å²) in [6.07, 6.45) is -0.0290. The van der Waals surface area contributed by atoms with E-state index in [1.165, 1.54) is 30.6 Å². The molecule has 0 aliphatic rings. The van der Waals surface area contributed by atoms with Gasteiger partial charge in [-0.15, -0.1) is 11.3 Å². The van der Waals surface area contributed by atoms with E-state index in [1.54, 1.807) is 13.0 Å². The zero-order chi connectivity index (χ0) is 19.4. The molecule has 7 nitrogen and oxygen atoms in total. The molecule has 9 heteroatoms. The Morgan fingerprint density at radius 1 is 1.30 bits per heavy atom. The van der Waals surface area contributed by atoms with E-state index in [1.807, 2.05) is 17.5 Å². The van der Waals surface area contributed by atoms with Crippen LogP contribution in [0.15, 0.2) is 40.1 Å². The Labute approximate surface area is 164 Å². The monoisotopic (exact) mass is 405 g/mol. The highest BCUT2D eigenvalue weighted by atomic mass is 35.5. The lowest BCUT2D eigenvalue weighted by molar-refractivity contribution is -0.121. The van der Waals surface area contributed by atoms with Gasteiger partial charge in [-0.3, -0.25) is 20.4 Å². The SMILES string of the molecule is COc1cc(Cl)ccc1C(=O)NNC(=O)Cc1nc(-c2cccs2)oc1C. The maximum atomic E-state index is 12.2. The largest absolute Gasteiger partial charge is 0.496 e. The summed E-state index contributed by atoms with van der Waals surface area (Å²) in [4.78, 5) is 29.6. The van der Waals surface area contributed by atoms with Gasteiger partial charge in [-0.25, -0.2) is 4.98 Å². The number of carbonyl (C=O) groups excluding carboxylic acids is 2. The fraction of sp³-hybridized carbons (Fsp3) is 0.167. The highest BCUT2D eigenvalue weighted by Crippen LogP contribution is 2.26. The molecule has 3 rings (SSSR count). The Morgan fingerprint density at radius 3 is 2.81 bits per heavy atom. The number of ether oxygens (including phenoxy) is 1. The molecule has 1 aromatic carbocycles. The van der Waals surface area contributed by atoms with Gasteiger partial charge in [-0.1, -0.05) is 17.7 Å². The van der Waals surface area contributed by atoms with Gasteiger partial charge in [-0.2, -0.15) is 0 Å². The first-order valence-electron chi connectivity index (χ1n) is 7.91. The number of hydrogen-bond acceptors (Lipinski definition) is 6. The molecule has 0 radical (unpaired) electrons. The number of amides is 2. The number of oxazole rings is 1. The number of halogens is 1. The third-order valence-corrected chi connectivity index (χ3v) is 4.77. The molecule has 0 atom stereocenters. The standard InChI is InChI=1S/C18H16ClN3O4S/c1-10-13(20-18(26-10)15-4-3-7-27-15)9-16(23)21-22-17(24)12-6-5-11(19)8-14(12)25-2/h3-8H,9H2,1-2H3,(H,21,23)(H,22,24). The number of hydrazine groups is 1. The molecule has 0 saturated carbocycles. The average Bonchev–Trinajstić information content (AvgIpc) is 3.30. The van der Waals surface area contributed by atoms with Crippen LogP contribution in [0.2, 0.25) is 5.02 Å². The molecular formula is C18H16ClN3O4S. The molecule has 0 fully saturated rings. The van der Waals surface area contributed by atoms with E-state index in [0.717, 1.165) is 4.88 Å². The van der Waals surface area contributed by atoms with Crippen molar-refractivity contribution in [1.29, 1.82) is 0 Å². The van der Waals surface area contributed by atoms with Gasteiger partial charge in [-0.05, 0) is 36.6 Å². The summed E-state index contributed by atoms with van der Waals surface area (Å²) in [6, 6.07) is 8.37. The lowest BCUT2D eigenvalue weighted by atomic mass is 10.2. The molecule has 0 saturated heterocycles. The van der Waals surface area contributed by atoms with Crippen LogP contribution in [0.3, 0.4) is 0 Å². The van der Waals surface area contributed by atoms with Crippen molar-refractivity contribution in [3.63, 3.8) is 0 Å². The Kier molecular flexibility index (Phi) is 5.78. The number of nitrogens with zero attached hydrogens (tertiary/aromatic N) is 1.